The molecular formula is C15H27N3. The summed E-state index contributed by atoms with van der Waals surface area (Å²) in [4.78, 5) is 6.87. The van der Waals surface area contributed by atoms with E-state index >= 15 is 0 Å². The van der Waals surface area contributed by atoms with Crippen LogP contribution in [0.4, 0.5) is 5.82 Å². The maximum absolute atomic E-state index is 4.61. The summed E-state index contributed by atoms with van der Waals surface area (Å²) in [5.74, 6) is 1.10. The second-order valence-corrected chi connectivity index (χ2v) is 5.39. The first kappa shape index (κ1) is 15.0. The monoisotopic (exact) mass is 249 g/mol. The third-order valence-corrected chi connectivity index (χ3v) is 3.41. The van der Waals surface area contributed by atoms with E-state index in [-0.39, 0.29) is 0 Å². The zero-order chi connectivity index (χ0) is 13.7. The Morgan fingerprint density at radius 1 is 1.33 bits per heavy atom. The van der Waals surface area contributed by atoms with Crippen LogP contribution < -0.4 is 10.2 Å². The van der Waals surface area contributed by atoms with Crippen molar-refractivity contribution in [2.75, 3.05) is 11.9 Å². The smallest absolute Gasteiger partial charge is 0.131 e. The van der Waals surface area contributed by atoms with Gasteiger partial charge < -0.3 is 10.2 Å². The van der Waals surface area contributed by atoms with Crippen molar-refractivity contribution >= 4 is 5.82 Å². The molecule has 0 aliphatic rings. The van der Waals surface area contributed by atoms with Crippen LogP contribution in [0.15, 0.2) is 12.3 Å². The third-order valence-electron chi connectivity index (χ3n) is 3.41. The molecule has 0 fully saturated rings. The molecule has 1 aromatic heterocycles. The first-order valence-corrected chi connectivity index (χ1v) is 6.87. The number of aromatic nitrogens is 1. The van der Waals surface area contributed by atoms with Gasteiger partial charge in [-0.05, 0) is 37.5 Å². The van der Waals surface area contributed by atoms with Crippen molar-refractivity contribution < 1.29 is 0 Å². The molecule has 3 heteroatoms. The number of hydrogen-bond acceptors (Lipinski definition) is 3. The molecule has 0 aliphatic heterocycles. The van der Waals surface area contributed by atoms with Gasteiger partial charge in [-0.3, -0.25) is 0 Å². The highest BCUT2D eigenvalue weighted by atomic mass is 15.2. The fourth-order valence-electron chi connectivity index (χ4n) is 1.90. The van der Waals surface area contributed by atoms with Crippen molar-refractivity contribution in [3.8, 4) is 0 Å². The van der Waals surface area contributed by atoms with Crippen molar-refractivity contribution in [2.45, 2.75) is 59.7 Å². The maximum Gasteiger partial charge on any atom is 0.131 e. The Morgan fingerprint density at radius 3 is 2.50 bits per heavy atom. The molecule has 0 spiro atoms. The standard InChI is InChI=1S/C15H27N3/c1-7-13(5)18(6)15-12(4)8-14(10-17-15)9-16-11(2)3/h8,10-11,13,16H,7,9H2,1-6H3. The molecule has 0 saturated carbocycles. The summed E-state index contributed by atoms with van der Waals surface area (Å²) in [7, 11) is 2.12. The second kappa shape index (κ2) is 6.74. The van der Waals surface area contributed by atoms with E-state index in [9.17, 15) is 0 Å². The SMILES string of the molecule is CCC(C)N(C)c1ncc(CNC(C)C)cc1C. The predicted octanol–water partition coefficient (Wildman–Crippen LogP) is 3.12. The average Bonchev–Trinajstić information content (AvgIpc) is 2.34. The quantitative estimate of drug-likeness (QED) is 0.839. The first-order valence-electron chi connectivity index (χ1n) is 6.87. The lowest BCUT2D eigenvalue weighted by Crippen LogP contribution is -2.29. The van der Waals surface area contributed by atoms with E-state index in [1.54, 1.807) is 0 Å². The van der Waals surface area contributed by atoms with Gasteiger partial charge in [0.15, 0.2) is 0 Å². The van der Waals surface area contributed by atoms with Crippen molar-refractivity contribution in [1.29, 1.82) is 0 Å². The summed E-state index contributed by atoms with van der Waals surface area (Å²) in [6, 6.07) is 3.26. The molecule has 1 N–H and O–H groups in total. The molecule has 1 heterocycles. The molecule has 3 nitrogen and oxygen atoms in total. The summed E-state index contributed by atoms with van der Waals surface area (Å²) in [5, 5.41) is 3.42. The summed E-state index contributed by atoms with van der Waals surface area (Å²) in [6.07, 6.45) is 3.12. The van der Waals surface area contributed by atoms with Gasteiger partial charge in [-0.25, -0.2) is 4.98 Å². The number of nitrogens with one attached hydrogen (secondary N) is 1. The Labute approximate surface area is 112 Å². The molecule has 1 atom stereocenters. The minimum Gasteiger partial charge on any atom is -0.357 e. The van der Waals surface area contributed by atoms with Gasteiger partial charge in [-0.15, -0.1) is 0 Å². The van der Waals surface area contributed by atoms with Crippen LogP contribution >= 0.6 is 0 Å². The number of anilines is 1. The third kappa shape index (κ3) is 3.98. The van der Waals surface area contributed by atoms with Crippen LogP contribution in [0.2, 0.25) is 0 Å². The van der Waals surface area contributed by atoms with Crippen molar-refractivity contribution in [3.05, 3.63) is 23.4 Å². The van der Waals surface area contributed by atoms with E-state index in [1.807, 2.05) is 6.20 Å². The minimum atomic E-state index is 0.507. The average molecular weight is 249 g/mol. The highest BCUT2D eigenvalue weighted by Gasteiger charge is 2.12. The van der Waals surface area contributed by atoms with Crippen molar-refractivity contribution in [3.63, 3.8) is 0 Å². The van der Waals surface area contributed by atoms with Gasteiger partial charge in [-0.2, -0.15) is 0 Å². The Hall–Kier alpha value is -1.09. The van der Waals surface area contributed by atoms with Crippen molar-refractivity contribution in [1.82, 2.24) is 10.3 Å². The fourth-order valence-corrected chi connectivity index (χ4v) is 1.90. The Morgan fingerprint density at radius 2 is 2.00 bits per heavy atom. The topological polar surface area (TPSA) is 28.2 Å². The number of aryl methyl sites for hydroxylation is 1. The summed E-state index contributed by atoms with van der Waals surface area (Å²) in [6.45, 7) is 11.8. The minimum absolute atomic E-state index is 0.507. The van der Waals surface area contributed by atoms with E-state index in [2.05, 4.69) is 62.9 Å². The highest BCUT2D eigenvalue weighted by Crippen LogP contribution is 2.19. The molecule has 18 heavy (non-hydrogen) atoms. The van der Waals surface area contributed by atoms with Gasteiger partial charge in [0.05, 0.1) is 0 Å². The molecule has 1 aromatic rings. The maximum atomic E-state index is 4.61. The van der Waals surface area contributed by atoms with Gasteiger partial charge in [0.25, 0.3) is 0 Å². The number of nitrogens with zero attached hydrogens (tertiary/aromatic N) is 2. The van der Waals surface area contributed by atoms with Crippen LogP contribution in [0.5, 0.6) is 0 Å². The van der Waals surface area contributed by atoms with E-state index in [0.29, 0.717) is 12.1 Å². The van der Waals surface area contributed by atoms with E-state index in [4.69, 9.17) is 0 Å². The number of hydrogen-bond donors (Lipinski definition) is 1. The van der Waals surface area contributed by atoms with Gasteiger partial charge in [-0.1, -0.05) is 20.8 Å². The summed E-state index contributed by atoms with van der Waals surface area (Å²) >= 11 is 0. The number of rotatable bonds is 6. The lowest BCUT2D eigenvalue weighted by Gasteiger charge is -2.26. The molecule has 1 unspecified atom stereocenters. The zero-order valence-electron chi connectivity index (χ0n) is 12.6. The molecule has 0 aromatic carbocycles. The van der Waals surface area contributed by atoms with Crippen LogP contribution in [0.3, 0.4) is 0 Å². The van der Waals surface area contributed by atoms with Crippen molar-refractivity contribution in [2.24, 2.45) is 0 Å². The van der Waals surface area contributed by atoms with Crippen LogP contribution in [-0.4, -0.2) is 24.1 Å². The zero-order valence-corrected chi connectivity index (χ0v) is 12.6. The van der Waals surface area contributed by atoms with Crippen LogP contribution in [0.1, 0.15) is 45.2 Å². The summed E-state index contributed by atoms with van der Waals surface area (Å²) < 4.78 is 0. The van der Waals surface area contributed by atoms with Crippen LogP contribution in [-0.2, 0) is 6.54 Å². The largest absolute Gasteiger partial charge is 0.357 e. The van der Waals surface area contributed by atoms with Gasteiger partial charge >= 0.3 is 0 Å². The van der Waals surface area contributed by atoms with E-state index < -0.39 is 0 Å². The van der Waals surface area contributed by atoms with E-state index in [0.717, 1.165) is 18.8 Å². The molecule has 102 valence electrons. The Bertz CT molecular complexity index is 374. The van der Waals surface area contributed by atoms with Gasteiger partial charge in [0, 0.05) is 31.9 Å². The molecule has 0 aliphatic carbocycles. The van der Waals surface area contributed by atoms with Gasteiger partial charge in [0.2, 0.25) is 0 Å². The number of pyridine rings is 1. The van der Waals surface area contributed by atoms with Gasteiger partial charge in [0.1, 0.15) is 5.82 Å². The Kier molecular flexibility index (Phi) is 5.60. The van der Waals surface area contributed by atoms with E-state index in [1.165, 1.54) is 11.1 Å². The molecule has 0 radical (unpaired) electrons. The first-order chi connectivity index (χ1) is 8.45. The molecule has 1 rings (SSSR count). The lowest BCUT2D eigenvalue weighted by molar-refractivity contribution is 0.587. The Balaban J connectivity index is 2.79. The predicted molar refractivity (Wildman–Crippen MR) is 79.1 cm³/mol. The molecule has 0 saturated heterocycles. The second-order valence-electron chi connectivity index (χ2n) is 5.39. The normalized spacial score (nSPS) is 12.8. The molecule has 0 bridgehead atoms. The lowest BCUT2D eigenvalue weighted by atomic mass is 10.1. The molecular weight excluding hydrogens is 222 g/mol. The van der Waals surface area contributed by atoms with Crippen LogP contribution in [0.25, 0.3) is 0 Å². The fraction of sp³-hybridized carbons (Fsp3) is 0.667. The van der Waals surface area contributed by atoms with Crippen LogP contribution in [0, 0.1) is 6.92 Å². The highest BCUT2D eigenvalue weighted by molar-refractivity contribution is 5.47. The summed E-state index contributed by atoms with van der Waals surface area (Å²) in [5.41, 5.74) is 2.50. The molecule has 0 amide bonds.